The van der Waals surface area contributed by atoms with Crippen molar-refractivity contribution in [3.8, 4) is 0 Å². The van der Waals surface area contributed by atoms with Crippen LogP contribution >= 0.6 is 0 Å². The number of aliphatic hydroxyl groups is 2. The van der Waals surface area contributed by atoms with Gasteiger partial charge >= 0.3 is 0 Å². The Hall–Kier alpha value is -0.120. The van der Waals surface area contributed by atoms with E-state index >= 15 is 0 Å². The fourth-order valence-corrected chi connectivity index (χ4v) is 3.02. The van der Waals surface area contributed by atoms with E-state index in [4.69, 9.17) is 5.11 Å². The highest BCUT2D eigenvalue weighted by Gasteiger charge is 2.48. The second kappa shape index (κ2) is 3.56. The number of hydrogen-bond acceptors (Lipinski definition) is 3. The Morgan fingerprint density at radius 3 is 2.92 bits per heavy atom. The molecule has 2 heterocycles. The molecule has 2 rings (SSSR count). The second-order valence-corrected chi connectivity index (χ2v) is 4.33. The average Bonchev–Trinajstić information content (AvgIpc) is 2.46. The summed E-state index contributed by atoms with van der Waals surface area (Å²) in [5.74, 6) is 0. The molecule has 2 atom stereocenters. The van der Waals surface area contributed by atoms with E-state index in [-0.39, 0.29) is 18.2 Å². The summed E-state index contributed by atoms with van der Waals surface area (Å²) in [6, 6.07) is 0. The van der Waals surface area contributed by atoms with Crippen molar-refractivity contribution in [1.82, 2.24) is 4.90 Å². The third kappa shape index (κ3) is 1.39. The number of aliphatic hydroxyl groups excluding tert-OH is 2. The molecule has 2 fully saturated rings. The van der Waals surface area contributed by atoms with Crippen LogP contribution in [0, 0.1) is 0 Å². The molecule has 13 heavy (non-hydrogen) atoms. The number of rotatable bonds is 2. The molecule has 0 amide bonds. The standard InChI is InChI=1S/C10H19NO2/c12-8-5-10-4-1-2-6-11(10)7-3-9(10)13/h9,12-13H,1-8H2/t9-,10-/m0/s1. The number of hydrogen-bond donors (Lipinski definition) is 2. The van der Waals surface area contributed by atoms with E-state index in [9.17, 15) is 5.11 Å². The summed E-state index contributed by atoms with van der Waals surface area (Å²) in [4.78, 5) is 2.39. The topological polar surface area (TPSA) is 43.7 Å². The zero-order valence-electron chi connectivity index (χ0n) is 8.08. The van der Waals surface area contributed by atoms with Crippen LogP contribution in [-0.4, -0.2) is 46.5 Å². The second-order valence-electron chi connectivity index (χ2n) is 4.33. The largest absolute Gasteiger partial charge is 0.396 e. The normalized spacial score (nSPS) is 40.6. The lowest BCUT2D eigenvalue weighted by Gasteiger charge is -2.44. The van der Waals surface area contributed by atoms with Crippen LogP contribution in [0.2, 0.25) is 0 Å². The Kier molecular flexibility index (Phi) is 2.58. The first kappa shape index (κ1) is 9.44. The first-order chi connectivity index (χ1) is 6.29. The Balaban J connectivity index is 2.15. The molecule has 76 valence electrons. The number of fused-ring (bicyclic) bond motifs is 1. The van der Waals surface area contributed by atoms with Crippen molar-refractivity contribution < 1.29 is 10.2 Å². The predicted molar refractivity (Wildman–Crippen MR) is 50.5 cm³/mol. The molecule has 3 heteroatoms. The molecule has 0 aromatic heterocycles. The third-order valence-electron chi connectivity index (χ3n) is 3.75. The minimum absolute atomic E-state index is 0.0625. The zero-order valence-corrected chi connectivity index (χ0v) is 8.08. The van der Waals surface area contributed by atoms with Gasteiger partial charge in [-0.05, 0) is 32.2 Å². The smallest absolute Gasteiger partial charge is 0.0736 e. The van der Waals surface area contributed by atoms with Crippen LogP contribution in [0.1, 0.15) is 32.1 Å². The van der Waals surface area contributed by atoms with Crippen molar-refractivity contribution >= 4 is 0 Å². The Morgan fingerprint density at radius 1 is 1.31 bits per heavy atom. The van der Waals surface area contributed by atoms with Crippen LogP contribution in [-0.2, 0) is 0 Å². The first-order valence-corrected chi connectivity index (χ1v) is 5.33. The molecule has 0 aliphatic carbocycles. The zero-order chi connectivity index (χ0) is 9.31. The van der Waals surface area contributed by atoms with Gasteiger partial charge in [-0.2, -0.15) is 0 Å². The van der Waals surface area contributed by atoms with E-state index in [0.29, 0.717) is 0 Å². The minimum Gasteiger partial charge on any atom is -0.396 e. The van der Waals surface area contributed by atoms with Crippen LogP contribution in [0.25, 0.3) is 0 Å². The van der Waals surface area contributed by atoms with Crippen molar-refractivity contribution in [2.24, 2.45) is 0 Å². The molecular formula is C10H19NO2. The van der Waals surface area contributed by atoms with E-state index < -0.39 is 0 Å². The lowest BCUT2D eigenvalue weighted by Crippen LogP contribution is -2.53. The molecule has 2 saturated heterocycles. The molecule has 0 radical (unpaired) electrons. The van der Waals surface area contributed by atoms with Crippen molar-refractivity contribution in [1.29, 1.82) is 0 Å². The lowest BCUT2D eigenvalue weighted by atomic mass is 9.82. The molecular weight excluding hydrogens is 166 g/mol. The molecule has 0 aromatic rings. The Morgan fingerprint density at radius 2 is 2.15 bits per heavy atom. The average molecular weight is 185 g/mol. The van der Waals surface area contributed by atoms with Gasteiger partial charge in [-0.3, -0.25) is 4.90 Å². The van der Waals surface area contributed by atoms with Crippen LogP contribution in [0.4, 0.5) is 0 Å². The summed E-state index contributed by atoms with van der Waals surface area (Å²) < 4.78 is 0. The Bertz CT molecular complexity index is 180. The maximum absolute atomic E-state index is 9.95. The van der Waals surface area contributed by atoms with Crippen LogP contribution in [0.15, 0.2) is 0 Å². The molecule has 0 saturated carbocycles. The van der Waals surface area contributed by atoms with Gasteiger partial charge in [0.2, 0.25) is 0 Å². The molecule has 0 aromatic carbocycles. The van der Waals surface area contributed by atoms with E-state index in [1.54, 1.807) is 0 Å². The first-order valence-electron chi connectivity index (χ1n) is 5.33. The number of piperidine rings is 1. The van der Waals surface area contributed by atoms with E-state index in [1.165, 1.54) is 12.8 Å². The summed E-state index contributed by atoms with van der Waals surface area (Å²) in [5, 5.41) is 19.0. The fourth-order valence-electron chi connectivity index (χ4n) is 3.02. The van der Waals surface area contributed by atoms with Gasteiger partial charge in [0.15, 0.2) is 0 Å². The van der Waals surface area contributed by atoms with Crippen LogP contribution in [0.3, 0.4) is 0 Å². The SMILES string of the molecule is OCC[C@]12CCCCN1CC[C@@H]2O. The van der Waals surface area contributed by atoms with Gasteiger partial charge in [0.05, 0.1) is 6.10 Å². The molecule has 2 aliphatic heterocycles. The van der Waals surface area contributed by atoms with E-state index in [1.807, 2.05) is 0 Å². The third-order valence-corrected chi connectivity index (χ3v) is 3.75. The van der Waals surface area contributed by atoms with Crippen molar-refractivity contribution in [3.63, 3.8) is 0 Å². The highest BCUT2D eigenvalue weighted by atomic mass is 16.3. The van der Waals surface area contributed by atoms with Gasteiger partial charge in [0.1, 0.15) is 0 Å². The van der Waals surface area contributed by atoms with E-state index in [2.05, 4.69) is 4.90 Å². The quantitative estimate of drug-likeness (QED) is 0.653. The van der Waals surface area contributed by atoms with Gasteiger partial charge in [0.25, 0.3) is 0 Å². The highest BCUT2D eigenvalue weighted by Crippen LogP contribution is 2.39. The molecule has 2 aliphatic rings. The summed E-state index contributed by atoms with van der Waals surface area (Å²) in [5.41, 5.74) is -0.0625. The maximum Gasteiger partial charge on any atom is 0.0736 e. The van der Waals surface area contributed by atoms with Crippen molar-refractivity contribution in [2.45, 2.75) is 43.7 Å². The van der Waals surface area contributed by atoms with Gasteiger partial charge in [0, 0.05) is 18.7 Å². The summed E-state index contributed by atoms with van der Waals surface area (Å²) >= 11 is 0. The predicted octanol–water partition coefficient (Wildman–Crippen LogP) is 0.358. The van der Waals surface area contributed by atoms with Gasteiger partial charge in [-0.1, -0.05) is 6.42 Å². The van der Waals surface area contributed by atoms with Gasteiger partial charge < -0.3 is 10.2 Å². The van der Waals surface area contributed by atoms with Crippen LogP contribution in [0.5, 0.6) is 0 Å². The summed E-state index contributed by atoms with van der Waals surface area (Å²) in [7, 11) is 0. The summed E-state index contributed by atoms with van der Waals surface area (Å²) in [6.07, 6.45) is 4.94. The maximum atomic E-state index is 9.95. The highest BCUT2D eigenvalue weighted by molar-refractivity contribution is 5.03. The van der Waals surface area contributed by atoms with Gasteiger partial charge in [-0.15, -0.1) is 0 Å². The molecule has 0 bridgehead atoms. The van der Waals surface area contributed by atoms with E-state index in [0.717, 1.165) is 32.4 Å². The molecule has 0 spiro atoms. The number of nitrogens with zero attached hydrogens (tertiary/aromatic N) is 1. The van der Waals surface area contributed by atoms with Crippen LogP contribution < -0.4 is 0 Å². The Labute approximate surface area is 79.4 Å². The lowest BCUT2D eigenvalue weighted by molar-refractivity contribution is -0.0153. The molecule has 3 nitrogen and oxygen atoms in total. The molecule has 0 unspecified atom stereocenters. The molecule has 2 N–H and O–H groups in total. The van der Waals surface area contributed by atoms with Gasteiger partial charge in [-0.25, -0.2) is 0 Å². The summed E-state index contributed by atoms with van der Waals surface area (Å²) in [6.45, 7) is 2.33. The van der Waals surface area contributed by atoms with Crippen molar-refractivity contribution in [3.05, 3.63) is 0 Å². The monoisotopic (exact) mass is 185 g/mol. The van der Waals surface area contributed by atoms with Crippen molar-refractivity contribution in [2.75, 3.05) is 19.7 Å². The fraction of sp³-hybridized carbons (Fsp3) is 1.00. The minimum atomic E-state index is -0.208.